The van der Waals surface area contributed by atoms with Crippen molar-refractivity contribution in [2.45, 2.75) is 71.0 Å². The molecule has 0 aromatic rings. The van der Waals surface area contributed by atoms with E-state index in [2.05, 4.69) is 50.4 Å². The van der Waals surface area contributed by atoms with Crippen LogP contribution in [0, 0.1) is 11.3 Å². The average Bonchev–Trinajstić information content (AvgIpc) is 2.66. The molecule has 2 heterocycles. The monoisotopic (exact) mass is 367 g/mol. The highest BCUT2D eigenvalue weighted by Gasteiger charge is 2.35. The second kappa shape index (κ2) is 9.45. The molecule has 2 aliphatic rings. The molecule has 0 radical (unpaired) electrons. The highest BCUT2D eigenvalue weighted by molar-refractivity contribution is 5.85. The summed E-state index contributed by atoms with van der Waals surface area (Å²) < 4.78 is 0. The first-order valence-electron chi connectivity index (χ1n) is 8.46. The molecule has 3 unspecified atom stereocenters. The molecule has 2 saturated heterocycles. The minimum absolute atomic E-state index is 0. The third kappa shape index (κ3) is 6.77. The van der Waals surface area contributed by atoms with E-state index in [0.29, 0.717) is 24.4 Å². The molecule has 3 atom stereocenters. The second-order valence-electron chi connectivity index (χ2n) is 8.19. The first-order chi connectivity index (χ1) is 9.76. The Balaban J connectivity index is 0.00000242. The maximum atomic E-state index is 12.3. The van der Waals surface area contributed by atoms with Gasteiger partial charge in [0.2, 0.25) is 5.91 Å². The van der Waals surface area contributed by atoms with E-state index >= 15 is 0 Å². The van der Waals surface area contributed by atoms with Crippen molar-refractivity contribution >= 4 is 30.7 Å². The Labute approximate surface area is 154 Å². The Morgan fingerprint density at radius 2 is 1.74 bits per heavy atom. The molecule has 23 heavy (non-hydrogen) atoms. The lowest BCUT2D eigenvalue weighted by Crippen LogP contribution is -2.48. The number of piperidine rings is 1. The molecule has 2 fully saturated rings. The highest BCUT2D eigenvalue weighted by atomic mass is 35.5. The molecule has 2 N–H and O–H groups in total. The van der Waals surface area contributed by atoms with Gasteiger partial charge >= 0.3 is 0 Å². The first-order valence-corrected chi connectivity index (χ1v) is 8.46. The van der Waals surface area contributed by atoms with Gasteiger partial charge < -0.3 is 15.5 Å². The highest BCUT2D eigenvalue weighted by Crippen LogP contribution is 2.32. The molecule has 2 rings (SSSR count). The number of nitrogens with zero attached hydrogens (tertiary/aromatic N) is 1. The van der Waals surface area contributed by atoms with Crippen LogP contribution in [0.2, 0.25) is 0 Å². The van der Waals surface area contributed by atoms with Crippen LogP contribution in [0.4, 0.5) is 0 Å². The number of rotatable bonds is 6. The summed E-state index contributed by atoms with van der Waals surface area (Å²) in [6.07, 6.45) is 5.67. The molecule has 0 spiro atoms. The number of hydrogen-bond acceptors (Lipinski definition) is 3. The summed E-state index contributed by atoms with van der Waals surface area (Å²) >= 11 is 0. The number of carbonyl (C=O) groups is 1. The summed E-state index contributed by atoms with van der Waals surface area (Å²) in [5.41, 5.74) is 0.0896. The molecule has 1 amide bonds. The fourth-order valence-corrected chi connectivity index (χ4v) is 4.05. The minimum atomic E-state index is 0. The van der Waals surface area contributed by atoms with Gasteiger partial charge in [-0.1, -0.05) is 13.8 Å². The Morgan fingerprint density at radius 3 is 2.22 bits per heavy atom. The lowest BCUT2D eigenvalue weighted by Gasteiger charge is -2.35. The summed E-state index contributed by atoms with van der Waals surface area (Å²) in [4.78, 5) is 14.5. The number of nitrogens with one attached hydrogen (secondary N) is 2. The molecular formula is C17H35Cl2N3O. The van der Waals surface area contributed by atoms with Crippen molar-refractivity contribution in [3.8, 4) is 0 Å². The molecule has 2 bridgehead atoms. The van der Waals surface area contributed by atoms with Crippen LogP contribution in [0.15, 0.2) is 0 Å². The summed E-state index contributed by atoms with van der Waals surface area (Å²) in [6.45, 7) is 7.56. The molecule has 4 nitrogen and oxygen atoms in total. The summed E-state index contributed by atoms with van der Waals surface area (Å²) in [5, 5.41) is 6.88. The maximum absolute atomic E-state index is 12.3. The lowest BCUT2D eigenvalue weighted by atomic mass is 9.84. The van der Waals surface area contributed by atoms with Crippen LogP contribution in [0.5, 0.6) is 0 Å². The van der Waals surface area contributed by atoms with Crippen molar-refractivity contribution < 1.29 is 4.79 Å². The van der Waals surface area contributed by atoms with Crippen molar-refractivity contribution in [3.63, 3.8) is 0 Å². The van der Waals surface area contributed by atoms with Crippen molar-refractivity contribution in [2.24, 2.45) is 11.3 Å². The van der Waals surface area contributed by atoms with Gasteiger partial charge in [-0.15, -0.1) is 24.8 Å². The molecule has 138 valence electrons. The number of hydrogen-bond donors (Lipinski definition) is 2. The fourth-order valence-electron chi connectivity index (χ4n) is 4.05. The van der Waals surface area contributed by atoms with Crippen LogP contribution < -0.4 is 10.6 Å². The van der Waals surface area contributed by atoms with Crippen molar-refractivity contribution in [1.82, 2.24) is 15.5 Å². The molecule has 0 saturated carbocycles. The fraction of sp³-hybridized carbons (Fsp3) is 0.941. The van der Waals surface area contributed by atoms with E-state index in [4.69, 9.17) is 0 Å². The van der Waals surface area contributed by atoms with E-state index < -0.39 is 0 Å². The van der Waals surface area contributed by atoms with Crippen molar-refractivity contribution in [1.29, 1.82) is 0 Å². The van der Waals surface area contributed by atoms with Crippen molar-refractivity contribution in [3.05, 3.63) is 0 Å². The van der Waals surface area contributed by atoms with Gasteiger partial charge in [-0.2, -0.15) is 0 Å². The van der Waals surface area contributed by atoms with E-state index in [1.165, 1.54) is 25.7 Å². The molecule has 2 aliphatic heterocycles. The lowest BCUT2D eigenvalue weighted by molar-refractivity contribution is -0.123. The van der Waals surface area contributed by atoms with E-state index in [1.54, 1.807) is 0 Å². The quantitative estimate of drug-likeness (QED) is 0.758. The van der Waals surface area contributed by atoms with Gasteiger partial charge in [0.05, 0.1) is 0 Å². The molecule has 6 heteroatoms. The number of halogens is 2. The van der Waals surface area contributed by atoms with Crippen LogP contribution in [0.25, 0.3) is 0 Å². The van der Waals surface area contributed by atoms with Gasteiger partial charge in [-0.3, -0.25) is 4.79 Å². The molecule has 0 aliphatic carbocycles. The van der Waals surface area contributed by atoms with Gasteiger partial charge in [-0.05, 0) is 58.0 Å². The zero-order valence-corrected chi connectivity index (χ0v) is 16.9. The normalized spacial score (nSPS) is 27.8. The first kappa shape index (κ1) is 23.0. The van der Waals surface area contributed by atoms with Gasteiger partial charge in [0.15, 0.2) is 0 Å². The van der Waals surface area contributed by atoms with Crippen molar-refractivity contribution in [2.75, 3.05) is 20.6 Å². The van der Waals surface area contributed by atoms with Crippen LogP contribution >= 0.6 is 24.8 Å². The Bertz CT molecular complexity index is 365. The predicted molar refractivity (Wildman–Crippen MR) is 102 cm³/mol. The number of amides is 1. The standard InChI is InChI=1S/C17H33N3O.2ClH/c1-12(17(2,3)11-20(4)5)18-16(21)10-13-8-14-6-7-15(9-13)19-14;;/h12-15,19H,6-11H2,1-5H3,(H,18,21);2*1H. The topological polar surface area (TPSA) is 44.4 Å². The Kier molecular flexibility index (Phi) is 9.44. The second-order valence-corrected chi connectivity index (χ2v) is 8.19. The SMILES string of the molecule is CC(NC(=O)CC1CC2CCC(C1)N2)C(C)(C)CN(C)C.Cl.Cl. The van der Waals surface area contributed by atoms with Gasteiger partial charge in [0.25, 0.3) is 0 Å². The Hall–Kier alpha value is -0.0300. The van der Waals surface area contributed by atoms with E-state index in [9.17, 15) is 4.79 Å². The molecule has 0 aromatic heterocycles. The maximum Gasteiger partial charge on any atom is 0.220 e. The third-order valence-electron chi connectivity index (χ3n) is 5.32. The third-order valence-corrected chi connectivity index (χ3v) is 5.32. The van der Waals surface area contributed by atoms with Crippen LogP contribution in [-0.4, -0.2) is 49.6 Å². The Morgan fingerprint density at radius 1 is 1.22 bits per heavy atom. The summed E-state index contributed by atoms with van der Waals surface area (Å²) in [5.74, 6) is 0.813. The minimum Gasteiger partial charge on any atom is -0.353 e. The van der Waals surface area contributed by atoms with E-state index in [0.717, 1.165) is 6.54 Å². The van der Waals surface area contributed by atoms with Gasteiger partial charge in [0.1, 0.15) is 0 Å². The average molecular weight is 368 g/mol. The molecular weight excluding hydrogens is 333 g/mol. The smallest absolute Gasteiger partial charge is 0.220 e. The van der Waals surface area contributed by atoms with Gasteiger partial charge in [0, 0.05) is 31.1 Å². The molecule has 0 aromatic carbocycles. The zero-order chi connectivity index (χ0) is 15.6. The zero-order valence-electron chi connectivity index (χ0n) is 15.2. The predicted octanol–water partition coefficient (Wildman–Crippen LogP) is 2.84. The largest absolute Gasteiger partial charge is 0.353 e. The van der Waals surface area contributed by atoms with Gasteiger partial charge in [-0.25, -0.2) is 0 Å². The van der Waals surface area contributed by atoms with E-state index in [-0.39, 0.29) is 42.2 Å². The van der Waals surface area contributed by atoms with Crippen LogP contribution in [0.1, 0.15) is 52.9 Å². The van der Waals surface area contributed by atoms with E-state index in [1.807, 2.05) is 0 Å². The number of carbonyl (C=O) groups excluding carboxylic acids is 1. The van der Waals surface area contributed by atoms with Crippen LogP contribution in [0.3, 0.4) is 0 Å². The number of fused-ring (bicyclic) bond motifs is 2. The summed E-state index contributed by atoms with van der Waals surface area (Å²) in [7, 11) is 4.17. The van der Waals surface area contributed by atoms with Crippen LogP contribution in [-0.2, 0) is 4.79 Å². The summed E-state index contributed by atoms with van der Waals surface area (Å²) in [6, 6.07) is 1.54.